The van der Waals surface area contributed by atoms with Crippen LogP contribution in [0.2, 0.25) is 0 Å². The lowest BCUT2D eigenvalue weighted by Gasteiger charge is -2.19. The molecule has 0 bridgehead atoms. The van der Waals surface area contributed by atoms with Crippen LogP contribution in [0.5, 0.6) is 0 Å². The first-order valence-corrected chi connectivity index (χ1v) is 5.66. The van der Waals surface area contributed by atoms with E-state index in [0.717, 1.165) is 11.1 Å². The number of fused-ring (bicyclic) bond motifs is 1. The number of aryl methyl sites for hydroxylation is 1. The molecule has 3 heteroatoms. The molecule has 1 aromatic carbocycles. The molecule has 0 aliphatic rings. The van der Waals surface area contributed by atoms with Gasteiger partial charge in [0.25, 0.3) is 0 Å². The van der Waals surface area contributed by atoms with E-state index in [1.165, 1.54) is 6.07 Å². The Labute approximate surface area is 101 Å². The first kappa shape index (κ1) is 11.8. The van der Waals surface area contributed by atoms with Gasteiger partial charge in [-0.3, -0.25) is 4.98 Å². The summed E-state index contributed by atoms with van der Waals surface area (Å²) in [6, 6.07) is 5.00. The Balaban J connectivity index is 2.84. The van der Waals surface area contributed by atoms with Crippen molar-refractivity contribution in [1.82, 2.24) is 4.98 Å². The van der Waals surface area contributed by atoms with E-state index < -0.39 is 0 Å². The fraction of sp³-hybridized carbons (Fsp3) is 0.357. The SMILES string of the molecule is Cc1c(F)ccc2c(N)cc(C(C)(C)C)nc12. The second-order valence-electron chi connectivity index (χ2n) is 5.42. The minimum absolute atomic E-state index is 0.0962. The van der Waals surface area contributed by atoms with E-state index in [1.807, 2.05) is 6.07 Å². The molecule has 0 aliphatic heterocycles. The van der Waals surface area contributed by atoms with Crippen molar-refractivity contribution in [2.75, 3.05) is 5.73 Å². The second-order valence-corrected chi connectivity index (χ2v) is 5.42. The van der Waals surface area contributed by atoms with Gasteiger partial charge < -0.3 is 5.73 Å². The number of halogens is 1. The van der Waals surface area contributed by atoms with Gasteiger partial charge in [-0.1, -0.05) is 20.8 Å². The predicted octanol–water partition coefficient (Wildman–Crippen LogP) is 3.56. The van der Waals surface area contributed by atoms with Gasteiger partial charge in [-0.05, 0) is 25.1 Å². The maximum atomic E-state index is 13.5. The molecule has 0 unspecified atom stereocenters. The molecule has 0 spiro atoms. The molecule has 0 atom stereocenters. The molecule has 0 radical (unpaired) electrons. The molecule has 0 saturated heterocycles. The molecule has 17 heavy (non-hydrogen) atoms. The number of nitrogen functional groups attached to an aromatic ring is 1. The molecule has 90 valence electrons. The van der Waals surface area contributed by atoms with Crippen molar-refractivity contribution in [2.45, 2.75) is 33.1 Å². The lowest BCUT2D eigenvalue weighted by Crippen LogP contribution is -2.14. The molecule has 0 aliphatic carbocycles. The van der Waals surface area contributed by atoms with Crippen LogP contribution in [-0.2, 0) is 5.41 Å². The van der Waals surface area contributed by atoms with Crippen LogP contribution in [-0.4, -0.2) is 4.98 Å². The number of pyridine rings is 1. The first-order chi connectivity index (χ1) is 7.80. The summed E-state index contributed by atoms with van der Waals surface area (Å²) < 4.78 is 13.5. The largest absolute Gasteiger partial charge is 0.398 e. The Morgan fingerprint density at radius 1 is 1.24 bits per heavy atom. The van der Waals surface area contributed by atoms with Gasteiger partial charge in [0.15, 0.2) is 0 Å². The molecule has 2 nitrogen and oxygen atoms in total. The first-order valence-electron chi connectivity index (χ1n) is 5.66. The fourth-order valence-electron chi connectivity index (χ4n) is 1.81. The van der Waals surface area contributed by atoms with Gasteiger partial charge in [-0.2, -0.15) is 0 Å². The summed E-state index contributed by atoms with van der Waals surface area (Å²) in [6.45, 7) is 7.93. The van der Waals surface area contributed by atoms with E-state index in [9.17, 15) is 4.39 Å². The summed E-state index contributed by atoms with van der Waals surface area (Å²) >= 11 is 0. The number of hydrogen-bond acceptors (Lipinski definition) is 2. The molecule has 2 aromatic rings. The van der Waals surface area contributed by atoms with Crippen molar-refractivity contribution in [1.29, 1.82) is 0 Å². The van der Waals surface area contributed by atoms with Crippen LogP contribution in [0.3, 0.4) is 0 Å². The quantitative estimate of drug-likeness (QED) is 0.754. The van der Waals surface area contributed by atoms with Crippen LogP contribution in [0.15, 0.2) is 18.2 Å². The molecule has 2 N–H and O–H groups in total. The molecule has 0 saturated carbocycles. The summed E-state index contributed by atoms with van der Waals surface area (Å²) in [5.74, 6) is -0.240. The molecule has 0 fully saturated rings. The van der Waals surface area contributed by atoms with Crippen LogP contribution >= 0.6 is 0 Å². The van der Waals surface area contributed by atoms with Crippen molar-refractivity contribution in [3.63, 3.8) is 0 Å². The van der Waals surface area contributed by atoms with Crippen molar-refractivity contribution in [3.05, 3.63) is 35.3 Å². The zero-order valence-corrected chi connectivity index (χ0v) is 10.6. The van der Waals surface area contributed by atoms with Crippen LogP contribution in [0.1, 0.15) is 32.0 Å². The van der Waals surface area contributed by atoms with Crippen LogP contribution in [0.4, 0.5) is 10.1 Å². The highest BCUT2D eigenvalue weighted by Crippen LogP contribution is 2.29. The third-order valence-electron chi connectivity index (χ3n) is 2.97. The van der Waals surface area contributed by atoms with Crippen molar-refractivity contribution in [2.24, 2.45) is 0 Å². The van der Waals surface area contributed by atoms with E-state index in [0.29, 0.717) is 16.8 Å². The number of benzene rings is 1. The van der Waals surface area contributed by atoms with Crippen molar-refractivity contribution < 1.29 is 4.39 Å². The molecule has 0 amide bonds. The second kappa shape index (κ2) is 3.69. The smallest absolute Gasteiger partial charge is 0.128 e. The molecule has 1 heterocycles. The lowest BCUT2D eigenvalue weighted by molar-refractivity contribution is 0.571. The molecular weight excluding hydrogens is 215 g/mol. The Bertz CT molecular complexity index is 583. The Morgan fingerprint density at radius 2 is 1.88 bits per heavy atom. The monoisotopic (exact) mass is 232 g/mol. The third kappa shape index (κ3) is 1.97. The highest BCUT2D eigenvalue weighted by atomic mass is 19.1. The Morgan fingerprint density at radius 3 is 2.47 bits per heavy atom. The summed E-state index contributed by atoms with van der Waals surface area (Å²) in [5, 5.41) is 0.817. The van der Waals surface area contributed by atoms with Crippen LogP contribution in [0.25, 0.3) is 10.9 Å². The Kier molecular flexibility index (Phi) is 2.57. The molecule has 2 rings (SSSR count). The van der Waals surface area contributed by atoms with E-state index in [1.54, 1.807) is 13.0 Å². The summed E-state index contributed by atoms with van der Waals surface area (Å²) in [6.07, 6.45) is 0. The summed E-state index contributed by atoms with van der Waals surface area (Å²) in [4.78, 5) is 4.55. The van der Waals surface area contributed by atoms with Gasteiger partial charge >= 0.3 is 0 Å². The zero-order valence-electron chi connectivity index (χ0n) is 10.6. The standard InChI is InChI=1S/C14H17FN2/c1-8-10(15)6-5-9-11(16)7-12(14(2,3)4)17-13(8)9/h5-7H,1-4H3,(H2,16,17). The number of anilines is 1. The third-order valence-corrected chi connectivity index (χ3v) is 2.97. The maximum absolute atomic E-state index is 13.5. The number of hydrogen-bond donors (Lipinski definition) is 1. The van der Waals surface area contributed by atoms with Gasteiger partial charge in [-0.25, -0.2) is 4.39 Å². The van der Waals surface area contributed by atoms with Crippen LogP contribution < -0.4 is 5.73 Å². The van der Waals surface area contributed by atoms with Crippen molar-refractivity contribution >= 4 is 16.6 Å². The van der Waals surface area contributed by atoms with E-state index in [-0.39, 0.29) is 11.2 Å². The van der Waals surface area contributed by atoms with E-state index in [4.69, 9.17) is 5.73 Å². The maximum Gasteiger partial charge on any atom is 0.128 e. The zero-order chi connectivity index (χ0) is 12.8. The topological polar surface area (TPSA) is 38.9 Å². The highest BCUT2D eigenvalue weighted by Gasteiger charge is 2.18. The van der Waals surface area contributed by atoms with Gasteiger partial charge in [0.1, 0.15) is 5.82 Å². The van der Waals surface area contributed by atoms with Gasteiger partial charge in [-0.15, -0.1) is 0 Å². The van der Waals surface area contributed by atoms with E-state index >= 15 is 0 Å². The lowest BCUT2D eigenvalue weighted by atomic mass is 9.90. The average Bonchev–Trinajstić information content (AvgIpc) is 2.22. The fourth-order valence-corrected chi connectivity index (χ4v) is 1.81. The number of nitrogens with two attached hydrogens (primary N) is 1. The van der Waals surface area contributed by atoms with Gasteiger partial charge in [0.2, 0.25) is 0 Å². The van der Waals surface area contributed by atoms with Crippen molar-refractivity contribution in [3.8, 4) is 0 Å². The normalized spacial score (nSPS) is 12.1. The minimum atomic E-state index is -0.240. The Hall–Kier alpha value is -1.64. The summed E-state index contributed by atoms with van der Waals surface area (Å²) in [5.41, 5.74) is 8.67. The average molecular weight is 232 g/mol. The molecule has 1 aromatic heterocycles. The number of rotatable bonds is 0. The number of nitrogens with zero attached hydrogens (tertiary/aromatic N) is 1. The summed E-state index contributed by atoms with van der Waals surface area (Å²) in [7, 11) is 0. The van der Waals surface area contributed by atoms with Gasteiger partial charge in [0.05, 0.1) is 5.52 Å². The minimum Gasteiger partial charge on any atom is -0.398 e. The number of aromatic nitrogens is 1. The molecular formula is C14H17FN2. The predicted molar refractivity (Wildman–Crippen MR) is 69.6 cm³/mol. The van der Waals surface area contributed by atoms with Crippen LogP contribution in [0, 0.1) is 12.7 Å². The van der Waals surface area contributed by atoms with E-state index in [2.05, 4.69) is 25.8 Å². The highest BCUT2D eigenvalue weighted by molar-refractivity contribution is 5.92. The van der Waals surface area contributed by atoms with Gasteiger partial charge in [0, 0.05) is 27.7 Å².